The highest BCUT2D eigenvalue weighted by Crippen LogP contribution is 2.49. The monoisotopic (exact) mass is 567 g/mol. The van der Waals surface area contributed by atoms with Crippen molar-refractivity contribution in [2.24, 2.45) is 7.05 Å². The number of halogens is 2. The zero-order valence-corrected chi connectivity index (χ0v) is 23.4. The van der Waals surface area contributed by atoms with Gasteiger partial charge in [0.2, 0.25) is 0 Å². The van der Waals surface area contributed by atoms with E-state index in [1.807, 2.05) is 35.9 Å². The normalized spacial score (nSPS) is 18.9. The van der Waals surface area contributed by atoms with Gasteiger partial charge in [-0.15, -0.1) is 11.3 Å². The summed E-state index contributed by atoms with van der Waals surface area (Å²) in [5, 5.41) is 0.319. The van der Waals surface area contributed by atoms with E-state index in [2.05, 4.69) is 11.0 Å². The number of imidazole rings is 1. The number of fused-ring (bicyclic) bond motifs is 2. The fraction of sp³-hybridized carbons (Fsp3) is 0.310. The van der Waals surface area contributed by atoms with Crippen LogP contribution in [0.25, 0.3) is 15.9 Å². The predicted molar refractivity (Wildman–Crippen MR) is 149 cm³/mol. The van der Waals surface area contributed by atoms with E-state index in [0.29, 0.717) is 40.1 Å². The number of thiophene rings is 1. The third-order valence-electron chi connectivity index (χ3n) is 7.15. The number of aromatic nitrogens is 2. The van der Waals surface area contributed by atoms with Gasteiger partial charge in [0, 0.05) is 37.6 Å². The van der Waals surface area contributed by atoms with E-state index in [1.165, 1.54) is 17.4 Å². The van der Waals surface area contributed by atoms with Crippen molar-refractivity contribution in [1.82, 2.24) is 14.5 Å². The molecule has 4 heterocycles. The van der Waals surface area contributed by atoms with Gasteiger partial charge in [-0.3, -0.25) is 4.90 Å². The summed E-state index contributed by atoms with van der Waals surface area (Å²) in [5.74, 6) is 0.0849. The quantitative estimate of drug-likeness (QED) is 0.247. The molecule has 0 amide bonds. The molecule has 0 saturated heterocycles. The van der Waals surface area contributed by atoms with Crippen LogP contribution < -0.4 is 9.47 Å². The first kappa shape index (κ1) is 25.9. The fourth-order valence-electron chi connectivity index (χ4n) is 5.11. The summed E-state index contributed by atoms with van der Waals surface area (Å²) in [6.07, 6.45) is 3.02. The molecule has 2 aliphatic heterocycles. The van der Waals surface area contributed by atoms with Crippen LogP contribution in [0.1, 0.15) is 46.9 Å². The SMILES string of the molecule is CCOC(=O)c1cc2c(nc(CN3CC=C(c4cccc5c4O[C@](C)(c4ccc(Cl)cc4F)O5)CC3)n2C)s1. The molecule has 2 aliphatic rings. The van der Waals surface area contributed by atoms with Gasteiger partial charge in [0.25, 0.3) is 5.79 Å². The molecule has 2 aromatic heterocycles. The van der Waals surface area contributed by atoms with Gasteiger partial charge in [0.15, 0.2) is 11.5 Å². The summed E-state index contributed by atoms with van der Waals surface area (Å²) < 4.78 is 34.3. The van der Waals surface area contributed by atoms with Crippen LogP contribution in [0.5, 0.6) is 11.5 Å². The summed E-state index contributed by atoms with van der Waals surface area (Å²) in [6.45, 7) is 6.14. The zero-order chi connectivity index (χ0) is 27.3. The number of esters is 1. The Labute approximate surface area is 234 Å². The van der Waals surface area contributed by atoms with E-state index in [0.717, 1.165) is 46.8 Å². The van der Waals surface area contributed by atoms with Gasteiger partial charge >= 0.3 is 5.97 Å². The molecule has 0 saturated carbocycles. The van der Waals surface area contributed by atoms with Gasteiger partial charge < -0.3 is 18.8 Å². The highest BCUT2D eigenvalue weighted by atomic mass is 35.5. The minimum absolute atomic E-state index is 0.294. The van der Waals surface area contributed by atoms with Crippen molar-refractivity contribution in [2.45, 2.75) is 32.6 Å². The number of carbonyl (C=O) groups excluding carboxylic acids is 1. The number of aryl methyl sites for hydroxylation is 1. The molecule has 0 N–H and O–H groups in total. The Hall–Kier alpha value is -3.40. The lowest BCUT2D eigenvalue weighted by atomic mass is 9.98. The fourth-order valence-corrected chi connectivity index (χ4v) is 6.25. The Morgan fingerprint density at radius 3 is 2.82 bits per heavy atom. The molecule has 7 nitrogen and oxygen atoms in total. The van der Waals surface area contributed by atoms with Gasteiger partial charge in [-0.05, 0) is 49.2 Å². The second-order valence-electron chi connectivity index (χ2n) is 9.73. The van der Waals surface area contributed by atoms with Crippen molar-refractivity contribution in [1.29, 1.82) is 0 Å². The average molecular weight is 568 g/mol. The lowest BCUT2D eigenvalue weighted by Crippen LogP contribution is -2.32. The van der Waals surface area contributed by atoms with Crippen molar-refractivity contribution < 1.29 is 23.4 Å². The summed E-state index contributed by atoms with van der Waals surface area (Å²) >= 11 is 7.30. The lowest BCUT2D eigenvalue weighted by molar-refractivity contribution is -0.0708. The van der Waals surface area contributed by atoms with Crippen molar-refractivity contribution in [3.8, 4) is 11.5 Å². The molecule has 39 heavy (non-hydrogen) atoms. The molecule has 0 fully saturated rings. The molecule has 0 spiro atoms. The minimum atomic E-state index is -1.29. The highest BCUT2D eigenvalue weighted by Gasteiger charge is 2.42. The van der Waals surface area contributed by atoms with Crippen LogP contribution in [0.15, 0.2) is 48.5 Å². The number of ether oxygens (including phenoxy) is 3. The van der Waals surface area contributed by atoms with Crippen LogP contribution in [0.3, 0.4) is 0 Å². The molecule has 202 valence electrons. The van der Waals surface area contributed by atoms with Gasteiger partial charge in [-0.1, -0.05) is 29.8 Å². The van der Waals surface area contributed by atoms with E-state index in [1.54, 1.807) is 26.0 Å². The maximum Gasteiger partial charge on any atom is 0.348 e. The Balaban J connectivity index is 1.18. The number of benzene rings is 2. The van der Waals surface area contributed by atoms with Crippen LogP contribution >= 0.6 is 22.9 Å². The minimum Gasteiger partial charge on any atom is -0.462 e. The second-order valence-corrected chi connectivity index (χ2v) is 11.2. The summed E-state index contributed by atoms with van der Waals surface area (Å²) in [7, 11) is 1.97. The number of para-hydroxylation sites is 1. The van der Waals surface area contributed by atoms with Crippen LogP contribution in [0.4, 0.5) is 4.39 Å². The van der Waals surface area contributed by atoms with E-state index < -0.39 is 11.6 Å². The molecule has 6 rings (SSSR count). The third-order valence-corrected chi connectivity index (χ3v) is 8.39. The Morgan fingerprint density at radius 2 is 2.10 bits per heavy atom. The van der Waals surface area contributed by atoms with Gasteiger partial charge in [-0.25, -0.2) is 14.2 Å². The standard InChI is InChI=1S/C29H27ClFN3O4S/c1-4-36-28(35)24-15-22-27(39-24)32-25(33(22)3)16-34-12-10-17(11-13-34)19-6-5-7-23-26(19)38-29(2,37-23)20-9-8-18(30)14-21(20)31/h5-10,14-15H,4,11-13,16H2,1-3H3/t29-/m1/s1. The summed E-state index contributed by atoms with van der Waals surface area (Å²) in [4.78, 5) is 20.6. The Kier molecular flexibility index (Phi) is 6.61. The third kappa shape index (κ3) is 4.68. The van der Waals surface area contributed by atoms with Crippen molar-refractivity contribution >= 4 is 44.8 Å². The van der Waals surface area contributed by atoms with Crippen LogP contribution in [-0.4, -0.2) is 40.1 Å². The first-order valence-electron chi connectivity index (χ1n) is 12.8. The number of nitrogens with zero attached hydrogens (tertiary/aromatic N) is 3. The first-order valence-corrected chi connectivity index (χ1v) is 14.0. The maximum atomic E-state index is 14.7. The molecule has 10 heteroatoms. The van der Waals surface area contributed by atoms with E-state index >= 15 is 0 Å². The zero-order valence-electron chi connectivity index (χ0n) is 21.8. The highest BCUT2D eigenvalue weighted by molar-refractivity contribution is 7.20. The van der Waals surface area contributed by atoms with Gasteiger partial charge in [0.1, 0.15) is 21.3 Å². The number of hydrogen-bond acceptors (Lipinski definition) is 7. The van der Waals surface area contributed by atoms with E-state index in [9.17, 15) is 9.18 Å². The lowest BCUT2D eigenvalue weighted by Gasteiger charge is -2.27. The molecular formula is C29H27ClFN3O4S. The number of hydrogen-bond donors (Lipinski definition) is 0. The smallest absolute Gasteiger partial charge is 0.348 e. The number of rotatable bonds is 6. The van der Waals surface area contributed by atoms with E-state index in [4.69, 9.17) is 30.8 Å². The van der Waals surface area contributed by atoms with Crippen molar-refractivity contribution in [3.63, 3.8) is 0 Å². The van der Waals surface area contributed by atoms with Gasteiger partial charge in [0.05, 0.1) is 24.2 Å². The largest absolute Gasteiger partial charge is 0.462 e. The molecule has 0 bridgehead atoms. The summed E-state index contributed by atoms with van der Waals surface area (Å²) in [5.41, 5.74) is 3.34. The molecular weight excluding hydrogens is 541 g/mol. The second kappa shape index (κ2) is 9.97. The molecule has 2 aromatic carbocycles. The summed E-state index contributed by atoms with van der Waals surface area (Å²) in [6, 6.07) is 12.1. The Morgan fingerprint density at radius 1 is 1.26 bits per heavy atom. The molecule has 1 atom stereocenters. The molecule has 0 aliphatic carbocycles. The average Bonchev–Trinajstić information content (AvgIpc) is 3.56. The van der Waals surface area contributed by atoms with Crippen LogP contribution in [-0.2, 0) is 24.1 Å². The van der Waals surface area contributed by atoms with Crippen molar-refractivity contribution in [2.75, 3.05) is 19.7 Å². The predicted octanol–water partition coefficient (Wildman–Crippen LogP) is 6.54. The number of carbonyl (C=O) groups is 1. The van der Waals surface area contributed by atoms with Crippen LogP contribution in [0, 0.1) is 5.82 Å². The first-order chi connectivity index (χ1) is 18.8. The molecule has 4 aromatic rings. The Bertz CT molecular complexity index is 1630. The van der Waals surface area contributed by atoms with Crippen LogP contribution in [0.2, 0.25) is 5.02 Å². The topological polar surface area (TPSA) is 65.8 Å². The molecule has 0 unspecified atom stereocenters. The molecule has 0 radical (unpaired) electrons. The maximum absolute atomic E-state index is 14.7. The van der Waals surface area contributed by atoms with Gasteiger partial charge in [-0.2, -0.15) is 0 Å². The van der Waals surface area contributed by atoms with E-state index in [-0.39, 0.29) is 5.97 Å². The van der Waals surface area contributed by atoms with Crippen molar-refractivity contribution in [3.05, 3.63) is 81.2 Å².